The Morgan fingerprint density at radius 1 is 1.33 bits per heavy atom. The lowest BCUT2D eigenvalue weighted by atomic mass is 10.2. The molecule has 0 fully saturated rings. The van der Waals surface area contributed by atoms with Gasteiger partial charge in [-0.3, -0.25) is 4.79 Å². The average molecular weight is 219 g/mol. The van der Waals surface area contributed by atoms with E-state index in [0.29, 0.717) is 0 Å². The van der Waals surface area contributed by atoms with E-state index in [0.717, 1.165) is 0 Å². The molecule has 0 aliphatic heterocycles. The predicted octanol–water partition coefficient (Wildman–Crippen LogP) is -2.21. The van der Waals surface area contributed by atoms with Gasteiger partial charge in [0.1, 0.15) is 6.04 Å². The second kappa shape index (κ2) is 6.46. The summed E-state index contributed by atoms with van der Waals surface area (Å²) in [5.74, 6) is -1.71. The largest absolute Gasteiger partial charge is 0.392 e. The standard InChI is InChI=1S/C8H17N3O4/c1-4(12)7(11)8(14)15-6(13)3-2-5(9)10/h4-5,7,12H,2-3,9-11H2,1H3/t4-,7+/m1/s1. The molecule has 0 saturated heterocycles. The fourth-order valence-electron chi connectivity index (χ4n) is 0.713. The van der Waals surface area contributed by atoms with Crippen molar-refractivity contribution in [2.75, 3.05) is 0 Å². The second-order valence-corrected chi connectivity index (χ2v) is 3.26. The molecule has 0 spiro atoms. The van der Waals surface area contributed by atoms with E-state index >= 15 is 0 Å². The van der Waals surface area contributed by atoms with Crippen molar-refractivity contribution in [1.82, 2.24) is 0 Å². The summed E-state index contributed by atoms with van der Waals surface area (Å²) in [7, 11) is 0. The maximum atomic E-state index is 11.0. The summed E-state index contributed by atoms with van der Waals surface area (Å²) in [5, 5.41) is 8.95. The van der Waals surface area contributed by atoms with E-state index in [1.165, 1.54) is 6.92 Å². The molecule has 15 heavy (non-hydrogen) atoms. The maximum absolute atomic E-state index is 11.0. The molecule has 0 bridgehead atoms. The van der Waals surface area contributed by atoms with E-state index in [1.54, 1.807) is 0 Å². The first-order chi connectivity index (χ1) is 6.84. The van der Waals surface area contributed by atoms with Crippen molar-refractivity contribution in [3.63, 3.8) is 0 Å². The van der Waals surface area contributed by atoms with Gasteiger partial charge in [-0.2, -0.15) is 0 Å². The first-order valence-electron chi connectivity index (χ1n) is 4.54. The number of rotatable bonds is 5. The van der Waals surface area contributed by atoms with E-state index < -0.39 is 30.3 Å². The zero-order chi connectivity index (χ0) is 12.0. The molecule has 0 amide bonds. The third kappa shape index (κ3) is 6.13. The summed E-state index contributed by atoms with van der Waals surface area (Å²) < 4.78 is 4.35. The Bertz CT molecular complexity index is 230. The Kier molecular flexibility index (Phi) is 6.02. The van der Waals surface area contributed by atoms with Gasteiger partial charge in [-0.15, -0.1) is 0 Å². The van der Waals surface area contributed by atoms with Gasteiger partial charge in [-0.1, -0.05) is 0 Å². The highest BCUT2D eigenvalue weighted by atomic mass is 16.6. The number of carbonyl (C=O) groups excluding carboxylic acids is 2. The first kappa shape index (κ1) is 14.0. The molecule has 0 radical (unpaired) electrons. The molecule has 0 aliphatic rings. The monoisotopic (exact) mass is 219 g/mol. The van der Waals surface area contributed by atoms with E-state index in [-0.39, 0.29) is 12.8 Å². The van der Waals surface area contributed by atoms with Gasteiger partial charge in [-0.25, -0.2) is 4.79 Å². The van der Waals surface area contributed by atoms with Gasteiger partial charge in [0.25, 0.3) is 0 Å². The summed E-state index contributed by atoms with van der Waals surface area (Å²) in [6.45, 7) is 1.33. The van der Waals surface area contributed by atoms with Crippen molar-refractivity contribution in [3.8, 4) is 0 Å². The van der Waals surface area contributed by atoms with Crippen molar-refractivity contribution in [2.45, 2.75) is 38.1 Å². The van der Waals surface area contributed by atoms with Crippen LogP contribution in [0.4, 0.5) is 0 Å². The molecule has 2 atom stereocenters. The smallest absolute Gasteiger partial charge is 0.333 e. The Hall–Kier alpha value is -1.02. The molecule has 0 aromatic heterocycles. The van der Waals surface area contributed by atoms with Gasteiger partial charge in [0.2, 0.25) is 0 Å². The summed E-state index contributed by atoms with van der Waals surface area (Å²) >= 11 is 0. The SMILES string of the molecule is C[C@@H](O)[C@H](N)C(=O)OC(=O)CCC(N)N. The van der Waals surface area contributed by atoms with Crippen LogP contribution in [0.1, 0.15) is 19.8 Å². The number of aliphatic hydroxyl groups is 1. The highest BCUT2D eigenvalue weighted by Gasteiger charge is 2.22. The van der Waals surface area contributed by atoms with Crippen molar-refractivity contribution in [2.24, 2.45) is 17.2 Å². The molecule has 0 aromatic rings. The zero-order valence-corrected chi connectivity index (χ0v) is 8.55. The Morgan fingerprint density at radius 2 is 1.87 bits per heavy atom. The van der Waals surface area contributed by atoms with Crippen molar-refractivity contribution in [3.05, 3.63) is 0 Å². The van der Waals surface area contributed by atoms with Crippen molar-refractivity contribution >= 4 is 11.9 Å². The summed E-state index contributed by atoms with van der Waals surface area (Å²) in [6, 6.07) is -1.22. The number of carbonyl (C=O) groups is 2. The van der Waals surface area contributed by atoms with Gasteiger partial charge in [0, 0.05) is 6.42 Å². The summed E-state index contributed by atoms with van der Waals surface area (Å²) in [4.78, 5) is 22.0. The van der Waals surface area contributed by atoms with Crippen LogP contribution in [-0.4, -0.2) is 35.4 Å². The lowest BCUT2D eigenvalue weighted by Crippen LogP contribution is -2.42. The Morgan fingerprint density at radius 3 is 2.27 bits per heavy atom. The number of esters is 2. The minimum atomic E-state index is -1.22. The van der Waals surface area contributed by atoms with Gasteiger partial charge in [0.05, 0.1) is 12.3 Å². The number of aliphatic hydroxyl groups excluding tert-OH is 1. The van der Waals surface area contributed by atoms with Crippen LogP contribution in [0.25, 0.3) is 0 Å². The molecule has 0 unspecified atom stereocenters. The molecule has 7 nitrogen and oxygen atoms in total. The van der Waals surface area contributed by atoms with Crippen LogP contribution < -0.4 is 17.2 Å². The maximum Gasteiger partial charge on any atom is 0.333 e. The molecule has 7 N–H and O–H groups in total. The van der Waals surface area contributed by atoms with E-state index in [4.69, 9.17) is 22.3 Å². The normalized spacial score (nSPS) is 14.8. The van der Waals surface area contributed by atoms with Crippen LogP contribution in [0.2, 0.25) is 0 Å². The fourth-order valence-corrected chi connectivity index (χ4v) is 0.713. The Labute approximate surface area is 87.5 Å². The number of ether oxygens (including phenoxy) is 1. The zero-order valence-electron chi connectivity index (χ0n) is 8.55. The molecule has 88 valence electrons. The molecule has 0 rings (SSSR count). The van der Waals surface area contributed by atoms with Crippen molar-refractivity contribution in [1.29, 1.82) is 0 Å². The molecular weight excluding hydrogens is 202 g/mol. The summed E-state index contributed by atoms with van der Waals surface area (Å²) in [5.41, 5.74) is 15.6. The number of nitrogens with two attached hydrogens (primary N) is 3. The second-order valence-electron chi connectivity index (χ2n) is 3.26. The van der Waals surface area contributed by atoms with Crippen LogP contribution in [0, 0.1) is 0 Å². The van der Waals surface area contributed by atoms with E-state index in [2.05, 4.69) is 4.74 Å². The van der Waals surface area contributed by atoms with Crippen LogP contribution in [0.3, 0.4) is 0 Å². The molecular formula is C8H17N3O4. The predicted molar refractivity (Wildman–Crippen MR) is 52.2 cm³/mol. The van der Waals surface area contributed by atoms with Crippen LogP contribution >= 0.6 is 0 Å². The highest BCUT2D eigenvalue weighted by Crippen LogP contribution is 1.98. The minimum Gasteiger partial charge on any atom is -0.392 e. The number of hydrogen-bond acceptors (Lipinski definition) is 7. The van der Waals surface area contributed by atoms with E-state index in [1.807, 2.05) is 0 Å². The van der Waals surface area contributed by atoms with Gasteiger partial charge in [-0.05, 0) is 13.3 Å². The first-order valence-corrected chi connectivity index (χ1v) is 4.54. The average Bonchev–Trinajstić information content (AvgIpc) is 2.13. The van der Waals surface area contributed by atoms with Crippen LogP contribution in [-0.2, 0) is 14.3 Å². The lowest BCUT2D eigenvalue weighted by Gasteiger charge is -2.12. The molecule has 0 saturated carbocycles. The third-order valence-electron chi connectivity index (χ3n) is 1.69. The van der Waals surface area contributed by atoms with Crippen LogP contribution in [0.5, 0.6) is 0 Å². The molecule has 0 heterocycles. The topological polar surface area (TPSA) is 142 Å². The molecule has 0 aromatic carbocycles. The van der Waals surface area contributed by atoms with Crippen molar-refractivity contribution < 1.29 is 19.4 Å². The quantitative estimate of drug-likeness (QED) is 0.233. The minimum absolute atomic E-state index is 0.0596. The fraction of sp³-hybridized carbons (Fsp3) is 0.750. The Balaban J connectivity index is 3.91. The highest BCUT2D eigenvalue weighted by molar-refractivity contribution is 5.88. The number of hydrogen-bond donors (Lipinski definition) is 4. The lowest BCUT2D eigenvalue weighted by molar-refractivity contribution is -0.162. The summed E-state index contributed by atoms with van der Waals surface area (Å²) in [6.07, 6.45) is -1.54. The van der Waals surface area contributed by atoms with Gasteiger partial charge in [0.15, 0.2) is 0 Å². The third-order valence-corrected chi connectivity index (χ3v) is 1.69. The van der Waals surface area contributed by atoms with Crippen LogP contribution in [0.15, 0.2) is 0 Å². The van der Waals surface area contributed by atoms with E-state index in [9.17, 15) is 9.59 Å². The van der Waals surface area contributed by atoms with Gasteiger partial charge >= 0.3 is 11.9 Å². The molecule has 0 aliphatic carbocycles. The molecule has 7 heteroatoms. The van der Waals surface area contributed by atoms with Gasteiger partial charge < -0.3 is 27.0 Å².